The lowest BCUT2D eigenvalue weighted by atomic mass is 10.1. The zero-order valence-corrected chi connectivity index (χ0v) is 12.6. The highest BCUT2D eigenvalue weighted by atomic mass is 16.5. The van der Waals surface area contributed by atoms with Crippen LogP contribution in [0, 0.1) is 6.92 Å². The molecule has 0 fully saturated rings. The maximum Gasteiger partial charge on any atom is 0.411 e. The summed E-state index contributed by atoms with van der Waals surface area (Å²) < 4.78 is 4.81. The van der Waals surface area contributed by atoms with E-state index in [1.165, 1.54) is 0 Å². The first kappa shape index (κ1) is 15.6. The largest absolute Gasteiger partial charge is 0.450 e. The Labute approximate surface area is 129 Å². The Morgan fingerprint density at radius 2 is 1.82 bits per heavy atom. The summed E-state index contributed by atoms with van der Waals surface area (Å²) in [5.74, 6) is -0.234. The van der Waals surface area contributed by atoms with Gasteiger partial charge in [0.25, 0.3) is 5.91 Å². The second kappa shape index (κ2) is 7.26. The van der Waals surface area contributed by atoms with E-state index < -0.39 is 6.09 Å². The molecular weight excluding hydrogens is 280 g/mol. The van der Waals surface area contributed by atoms with Gasteiger partial charge in [-0.15, -0.1) is 0 Å². The fourth-order valence-electron chi connectivity index (χ4n) is 1.93. The minimum atomic E-state index is -0.543. The number of ether oxygens (including phenoxy) is 1. The standard InChI is InChI=1S/C17H18N2O3/c1-3-22-17(21)18-14-9-6-8-13(11-14)16(20)19-15-10-5-4-7-12(15)2/h4-11H,3H2,1-2H3,(H,18,21)(H,19,20). The summed E-state index contributed by atoms with van der Waals surface area (Å²) in [4.78, 5) is 23.7. The van der Waals surface area contributed by atoms with Crippen molar-refractivity contribution >= 4 is 23.4 Å². The molecule has 0 unspecified atom stereocenters. The number of carbonyl (C=O) groups excluding carboxylic acids is 2. The van der Waals surface area contributed by atoms with Gasteiger partial charge in [-0.3, -0.25) is 10.1 Å². The van der Waals surface area contributed by atoms with Crippen LogP contribution in [0.5, 0.6) is 0 Å². The van der Waals surface area contributed by atoms with Gasteiger partial charge < -0.3 is 10.1 Å². The Morgan fingerprint density at radius 1 is 1.05 bits per heavy atom. The van der Waals surface area contributed by atoms with E-state index in [-0.39, 0.29) is 5.91 Å². The molecule has 0 aliphatic carbocycles. The van der Waals surface area contributed by atoms with Gasteiger partial charge in [0.1, 0.15) is 0 Å². The number of para-hydroxylation sites is 1. The highest BCUT2D eigenvalue weighted by Crippen LogP contribution is 2.16. The van der Waals surface area contributed by atoms with Crippen LogP contribution in [0.4, 0.5) is 16.2 Å². The number of carbonyl (C=O) groups is 2. The summed E-state index contributed by atoms with van der Waals surface area (Å²) in [6.45, 7) is 3.94. The number of hydrogen-bond donors (Lipinski definition) is 2. The number of nitrogens with one attached hydrogen (secondary N) is 2. The van der Waals surface area contributed by atoms with Crippen LogP contribution in [0.1, 0.15) is 22.8 Å². The van der Waals surface area contributed by atoms with Gasteiger partial charge in [0, 0.05) is 16.9 Å². The van der Waals surface area contributed by atoms with Gasteiger partial charge in [-0.25, -0.2) is 4.79 Å². The molecule has 0 atom stereocenters. The monoisotopic (exact) mass is 298 g/mol. The average Bonchev–Trinajstić information content (AvgIpc) is 2.50. The number of benzene rings is 2. The fourth-order valence-corrected chi connectivity index (χ4v) is 1.93. The van der Waals surface area contributed by atoms with Crippen molar-refractivity contribution in [3.05, 3.63) is 59.7 Å². The van der Waals surface area contributed by atoms with Crippen LogP contribution in [-0.2, 0) is 4.74 Å². The van der Waals surface area contributed by atoms with E-state index in [4.69, 9.17) is 4.74 Å². The van der Waals surface area contributed by atoms with Crippen LogP contribution in [0.25, 0.3) is 0 Å². The van der Waals surface area contributed by atoms with Crippen LogP contribution < -0.4 is 10.6 Å². The molecule has 22 heavy (non-hydrogen) atoms. The predicted molar refractivity (Wildman–Crippen MR) is 86.2 cm³/mol. The van der Waals surface area contributed by atoms with E-state index in [0.717, 1.165) is 11.3 Å². The number of aryl methyl sites for hydroxylation is 1. The third-order valence-electron chi connectivity index (χ3n) is 3.04. The molecule has 0 radical (unpaired) electrons. The zero-order chi connectivity index (χ0) is 15.9. The molecule has 2 aromatic carbocycles. The summed E-state index contributed by atoms with van der Waals surface area (Å²) in [6.07, 6.45) is -0.543. The van der Waals surface area contributed by atoms with E-state index in [0.29, 0.717) is 17.9 Å². The van der Waals surface area contributed by atoms with Gasteiger partial charge >= 0.3 is 6.09 Å². The molecule has 0 saturated heterocycles. The van der Waals surface area contributed by atoms with Crippen molar-refractivity contribution in [2.75, 3.05) is 17.2 Å². The fraction of sp³-hybridized carbons (Fsp3) is 0.176. The molecule has 0 aliphatic rings. The minimum Gasteiger partial charge on any atom is -0.450 e. The number of amides is 2. The van der Waals surface area contributed by atoms with Crippen LogP contribution >= 0.6 is 0 Å². The second-order valence-electron chi connectivity index (χ2n) is 4.70. The van der Waals surface area contributed by atoms with Gasteiger partial charge in [0.2, 0.25) is 0 Å². The summed E-state index contributed by atoms with van der Waals surface area (Å²) in [5.41, 5.74) is 2.71. The van der Waals surface area contributed by atoms with Gasteiger partial charge in [0.15, 0.2) is 0 Å². The van der Waals surface area contributed by atoms with Gasteiger partial charge in [0.05, 0.1) is 6.61 Å². The molecule has 0 saturated carbocycles. The first-order valence-corrected chi connectivity index (χ1v) is 7.01. The first-order valence-electron chi connectivity index (χ1n) is 7.01. The van der Waals surface area contributed by atoms with Crippen molar-refractivity contribution in [2.45, 2.75) is 13.8 Å². The molecule has 0 spiro atoms. The molecular formula is C17H18N2O3. The summed E-state index contributed by atoms with van der Waals surface area (Å²) in [5, 5.41) is 5.42. The Morgan fingerprint density at radius 3 is 2.55 bits per heavy atom. The summed E-state index contributed by atoms with van der Waals surface area (Å²) in [6, 6.07) is 14.2. The SMILES string of the molecule is CCOC(=O)Nc1cccc(C(=O)Nc2ccccc2C)c1. The molecule has 0 aliphatic heterocycles. The lowest BCUT2D eigenvalue weighted by molar-refractivity contribution is 0.102. The molecule has 0 bridgehead atoms. The van der Waals surface area contributed by atoms with Gasteiger partial charge in [-0.2, -0.15) is 0 Å². The summed E-state index contributed by atoms with van der Waals surface area (Å²) in [7, 11) is 0. The highest BCUT2D eigenvalue weighted by Gasteiger charge is 2.09. The normalized spacial score (nSPS) is 9.91. The molecule has 5 nitrogen and oxygen atoms in total. The molecule has 2 aromatic rings. The Bertz CT molecular complexity index is 683. The van der Waals surface area contributed by atoms with E-state index in [1.54, 1.807) is 31.2 Å². The molecule has 2 amide bonds. The summed E-state index contributed by atoms with van der Waals surface area (Å²) >= 11 is 0. The third kappa shape index (κ3) is 4.09. The van der Waals surface area contributed by atoms with Crippen LogP contribution in [0.3, 0.4) is 0 Å². The molecule has 0 aromatic heterocycles. The van der Waals surface area contributed by atoms with E-state index in [9.17, 15) is 9.59 Å². The topological polar surface area (TPSA) is 67.4 Å². The van der Waals surface area contributed by atoms with Crippen molar-refractivity contribution < 1.29 is 14.3 Å². The zero-order valence-electron chi connectivity index (χ0n) is 12.6. The molecule has 0 heterocycles. The average molecular weight is 298 g/mol. The predicted octanol–water partition coefficient (Wildman–Crippen LogP) is 3.82. The van der Waals surface area contributed by atoms with Crippen molar-refractivity contribution in [2.24, 2.45) is 0 Å². The van der Waals surface area contributed by atoms with Crippen LogP contribution in [0.2, 0.25) is 0 Å². The maximum atomic E-state index is 12.3. The minimum absolute atomic E-state index is 0.234. The highest BCUT2D eigenvalue weighted by molar-refractivity contribution is 6.05. The van der Waals surface area contributed by atoms with Crippen LogP contribution in [-0.4, -0.2) is 18.6 Å². The van der Waals surface area contributed by atoms with Crippen molar-refractivity contribution in [1.29, 1.82) is 0 Å². The molecule has 2 N–H and O–H groups in total. The van der Waals surface area contributed by atoms with Gasteiger partial charge in [-0.1, -0.05) is 24.3 Å². The number of rotatable bonds is 4. The van der Waals surface area contributed by atoms with E-state index in [1.807, 2.05) is 31.2 Å². The quantitative estimate of drug-likeness (QED) is 0.901. The van der Waals surface area contributed by atoms with Gasteiger partial charge in [-0.05, 0) is 43.7 Å². The molecule has 2 rings (SSSR count). The van der Waals surface area contributed by atoms with Crippen molar-refractivity contribution in [3.63, 3.8) is 0 Å². The number of anilines is 2. The third-order valence-corrected chi connectivity index (χ3v) is 3.04. The second-order valence-corrected chi connectivity index (χ2v) is 4.70. The van der Waals surface area contributed by atoms with E-state index in [2.05, 4.69) is 10.6 Å². The lowest BCUT2D eigenvalue weighted by Crippen LogP contribution is -2.15. The molecule has 5 heteroatoms. The Kier molecular flexibility index (Phi) is 5.14. The lowest BCUT2D eigenvalue weighted by Gasteiger charge is -2.10. The maximum absolute atomic E-state index is 12.3. The van der Waals surface area contributed by atoms with E-state index >= 15 is 0 Å². The molecule has 114 valence electrons. The van der Waals surface area contributed by atoms with Crippen molar-refractivity contribution in [1.82, 2.24) is 0 Å². The Hall–Kier alpha value is -2.82. The smallest absolute Gasteiger partial charge is 0.411 e. The van der Waals surface area contributed by atoms with Crippen LogP contribution in [0.15, 0.2) is 48.5 Å². The first-order chi connectivity index (χ1) is 10.6. The van der Waals surface area contributed by atoms with Crippen molar-refractivity contribution in [3.8, 4) is 0 Å². The Balaban J connectivity index is 2.10. The number of hydrogen-bond acceptors (Lipinski definition) is 3.